The maximum atomic E-state index is 11.6. The zero-order valence-corrected chi connectivity index (χ0v) is 17.2. The summed E-state index contributed by atoms with van der Waals surface area (Å²) in [6.07, 6.45) is 8.11. The van der Waals surface area contributed by atoms with Gasteiger partial charge in [0.25, 0.3) is 0 Å². The zero-order chi connectivity index (χ0) is 20.6. The standard InChI is InChI=1S/C21H29ClO5/c1-14-16(13-23)18(24)15(19(25)17(14)22)11-9-7-5-6-8-10-12-27-20(26)21(2,3)4/h7,9,13,24-25H,5-6,8,10-12H2,1-4H3/b9-7+. The first-order valence-electron chi connectivity index (χ1n) is 9.11. The van der Waals surface area contributed by atoms with Crippen LogP contribution in [0, 0.1) is 12.3 Å². The number of unbranched alkanes of at least 4 members (excludes halogenated alkanes) is 3. The Morgan fingerprint density at radius 3 is 2.37 bits per heavy atom. The van der Waals surface area contributed by atoms with Crippen LogP contribution in [0.15, 0.2) is 12.2 Å². The van der Waals surface area contributed by atoms with E-state index < -0.39 is 5.41 Å². The number of aldehydes is 1. The molecule has 0 fully saturated rings. The van der Waals surface area contributed by atoms with Crippen molar-refractivity contribution in [2.75, 3.05) is 6.61 Å². The van der Waals surface area contributed by atoms with E-state index in [1.54, 1.807) is 6.92 Å². The van der Waals surface area contributed by atoms with E-state index in [9.17, 15) is 19.8 Å². The van der Waals surface area contributed by atoms with Crippen LogP contribution in [0.4, 0.5) is 0 Å². The average molecular weight is 397 g/mol. The maximum Gasteiger partial charge on any atom is 0.311 e. The Bertz CT molecular complexity index is 702. The van der Waals surface area contributed by atoms with Gasteiger partial charge in [0.05, 0.1) is 22.6 Å². The number of rotatable bonds is 9. The van der Waals surface area contributed by atoms with Gasteiger partial charge in [-0.25, -0.2) is 0 Å². The van der Waals surface area contributed by atoms with Crippen molar-refractivity contribution in [1.82, 2.24) is 0 Å². The number of allylic oxidation sites excluding steroid dienone is 2. The quantitative estimate of drug-likeness (QED) is 0.262. The molecule has 0 atom stereocenters. The van der Waals surface area contributed by atoms with Crippen molar-refractivity contribution in [3.63, 3.8) is 0 Å². The van der Waals surface area contributed by atoms with Gasteiger partial charge in [-0.3, -0.25) is 9.59 Å². The number of carbonyl (C=O) groups excluding carboxylic acids is 2. The van der Waals surface area contributed by atoms with E-state index in [1.807, 2.05) is 32.9 Å². The van der Waals surface area contributed by atoms with E-state index in [4.69, 9.17) is 16.3 Å². The summed E-state index contributed by atoms with van der Waals surface area (Å²) < 4.78 is 5.21. The Kier molecular flexibility index (Phi) is 8.83. The molecule has 0 aliphatic heterocycles. The maximum absolute atomic E-state index is 11.6. The monoisotopic (exact) mass is 396 g/mol. The first-order chi connectivity index (χ1) is 12.6. The van der Waals surface area contributed by atoms with Crippen molar-refractivity contribution >= 4 is 23.9 Å². The smallest absolute Gasteiger partial charge is 0.311 e. The van der Waals surface area contributed by atoms with Crippen LogP contribution in [0.5, 0.6) is 11.5 Å². The molecule has 1 rings (SSSR count). The molecular formula is C21H29ClO5. The first-order valence-corrected chi connectivity index (χ1v) is 9.49. The molecule has 0 amide bonds. The number of halogens is 1. The second kappa shape index (κ2) is 10.4. The molecule has 1 aromatic rings. The fourth-order valence-corrected chi connectivity index (χ4v) is 2.68. The Morgan fingerprint density at radius 2 is 1.78 bits per heavy atom. The number of phenols is 2. The van der Waals surface area contributed by atoms with Gasteiger partial charge in [-0.2, -0.15) is 0 Å². The van der Waals surface area contributed by atoms with Gasteiger partial charge in [0.15, 0.2) is 6.29 Å². The van der Waals surface area contributed by atoms with Crippen LogP contribution in [0.1, 0.15) is 67.9 Å². The summed E-state index contributed by atoms with van der Waals surface area (Å²) in [5.74, 6) is -0.606. The van der Waals surface area contributed by atoms with Crippen molar-refractivity contribution in [1.29, 1.82) is 0 Å². The van der Waals surface area contributed by atoms with Gasteiger partial charge in [0.2, 0.25) is 0 Å². The van der Waals surface area contributed by atoms with Crippen molar-refractivity contribution in [2.24, 2.45) is 5.41 Å². The third kappa shape index (κ3) is 6.58. The number of phenolic OH excluding ortho intramolecular Hbond substituents is 2. The minimum atomic E-state index is -0.470. The van der Waals surface area contributed by atoms with Crippen molar-refractivity contribution in [3.8, 4) is 11.5 Å². The van der Waals surface area contributed by atoms with Crippen LogP contribution in [0.3, 0.4) is 0 Å². The number of benzene rings is 1. The Labute approximate surface area is 166 Å². The second-order valence-electron chi connectivity index (χ2n) is 7.56. The summed E-state index contributed by atoms with van der Waals surface area (Å²) in [5.41, 5.74) is 0.244. The molecule has 0 radical (unpaired) electrons. The number of esters is 1. The number of ether oxygens (including phenoxy) is 1. The largest absolute Gasteiger partial charge is 0.507 e. The molecule has 0 bridgehead atoms. The van der Waals surface area contributed by atoms with Gasteiger partial charge in [-0.1, -0.05) is 23.8 Å². The molecule has 6 heteroatoms. The summed E-state index contributed by atoms with van der Waals surface area (Å²) in [6.45, 7) is 7.49. The molecule has 2 N–H and O–H groups in total. The lowest BCUT2D eigenvalue weighted by Gasteiger charge is -2.16. The minimum Gasteiger partial charge on any atom is -0.507 e. The van der Waals surface area contributed by atoms with Gasteiger partial charge in [-0.15, -0.1) is 0 Å². The van der Waals surface area contributed by atoms with Gasteiger partial charge in [-0.05, 0) is 65.4 Å². The summed E-state index contributed by atoms with van der Waals surface area (Å²) in [7, 11) is 0. The highest BCUT2D eigenvalue weighted by Gasteiger charge is 2.22. The van der Waals surface area contributed by atoms with Crippen molar-refractivity contribution in [2.45, 2.75) is 59.8 Å². The molecule has 0 heterocycles. The number of hydrogen-bond acceptors (Lipinski definition) is 5. The molecule has 0 aliphatic carbocycles. The SMILES string of the molecule is Cc1c(Cl)c(O)c(C/C=C/CCCCCOC(=O)C(C)(C)C)c(O)c1C=O. The second-order valence-corrected chi connectivity index (χ2v) is 7.94. The summed E-state index contributed by atoms with van der Waals surface area (Å²) >= 11 is 6.02. The zero-order valence-electron chi connectivity index (χ0n) is 16.5. The molecule has 0 aliphatic rings. The molecule has 0 spiro atoms. The third-order valence-electron chi connectivity index (χ3n) is 4.24. The Hall–Kier alpha value is -2.01. The van der Waals surface area contributed by atoms with Crippen LogP contribution in [0.2, 0.25) is 5.02 Å². The van der Waals surface area contributed by atoms with Gasteiger partial charge < -0.3 is 14.9 Å². The molecule has 0 saturated heterocycles. The molecule has 150 valence electrons. The van der Waals surface area contributed by atoms with E-state index >= 15 is 0 Å². The molecule has 27 heavy (non-hydrogen) atoms. The van der Waals surface area contributed by atoms with Crippen LogP contribution in [-0.2, 0) is 16.0 Å². The molecule has 5 nitrogen and oxygen atoms in total. The predicted molar refractivity (Wildman–Crippen MR) is 107 cm³/mol. The molecule has 0 unspecified atom stereocenters. The van der Waals surface area contributed by atoms with Crippen molar-refractivity contribution in [3.05, 3.63) is 33.9 Å². The molecular weight excluding hydrogens is 368 g/mol. The Balaban J connectivity index is 2.41. The molecule has 0 aromatic heterocycles. The first kappa shape index (κ1) is 23.0. The average Bonchev–Trinajstić information content (AvgIpc) is 2.60. The highest BCUT2D eigenvalue weighted by Crippen LogP contribution is 2.40. The van der Waals surface area contributed by atoms with Crippen LogP contribution < -0.4 is 0 Å². The summed E-state index contributed by atoms with van der Waals surface area (Å²) in [4.78, 5) is 22.7. The lowest BCUT2D eigenvalue weighted by Crippen LogP contribution is -2.23. The molecule has 0 saturated carbocycles. The third-order valence-corrected chi connectivity index (χ3v) is 4.70. The van der Waals surface area contributed by atoms with Gasteiger partial charge in [0, 0.05) is 5.56 Å². The summed E-state index contributed by atoms with van der Waals surface area (Å²) in [5, 5.41) is 20.3. The van der Waals surface area contributed by atoms with Crippen LogP contribution >= 0.6 is 11.6 Å². The minimum absolute atomic E-state index is 0.0862. The van der Waals surface area contributed by atoms with Gasteiger partial charge in [0.1, 0.15) is 11.5 Å². The van der Waals surface area contributed by atoms with Gasteiger partial charge >= 0.3 is 5.97 Å². The van der Waals surface area contributed by atoms with Crippen molar-refractivity contribution < 1.29 is 24.5 Å². The number of aromatic hydroxyl groups is 2. The van der Waals surface area contributed by atoms with E-state index in [0.717, 1.165) is 25.7 Å². The fraction of sp³-hybridized carbons (Fsp3) is 0.524. The number of hydrogen-bond donors (Lipinski definition) is 2. The van der Waals surface area contributed by atoms with E-state index in [1.165, 1.54) is 0 Å². The van der Waals surface area contributed by atoms with Crippen LogP contribution in [-0.4, -0.2) is 29.1 Å². The Morgan fingerprint density at radius 1 is 1.11 bits per heavy atom. The highest BCUT2D eigenvalue weighted by atomic mass is 35.5. The van der Waals surface area contributed by atoms with E-state index in [0.29, 0.717) is 18.5 Å². The van der Waals surface area contributed by atoms with E-state index in [2.05, 4.69) is 0 Å². The predicted octanol–water partition coefficient (Wildman–Crippen LogP) is 5.12. The normalized spacial score (nSPS) is 11.7. The van der Waals surface area contributed by atoms with E-state index in [-0.39, 0.29) is 40.0 Å². The lowest BCUT2D eigenvalue weighted by molar-refractivity contribution is -0.153. The number of carbonyl (C=O) groups is 2. The lowest BCUT2D eigenvalue weighted by atomic mass is 9.97. The molecule has 1 aromatic carbocycles. The van der Waals surface area contributed by atoms with Crippen LogP contribution in [0.25, 0.3) is 0 Å². The fourth-order valence-electron chi connectivity index (χ4n) is 2.46. The highest BCUT2D eigenvalue weighted by molar-refractivity contribution is 6.33. The summed E-state index contributed by atoms with van der Waals surface area (Å²) in [6, 6.07) is 0. The topological polar surface area (TPSA) is 83.8 Å².